The molecule has 1 amide bonds. The van der Waals surface area contributed by atoms with Gasteiger partial charge in [0.25, 0.3) is 0 Å². The van der Waals surface area contributed by atoms with Crippen molar-refractivity contribution in [1.82, 2.24) is 15.5 Å². The third-order valence-corrected chi connectivity index (χ3v) is 4.75. The van der Waals surface area contributed by atoms with Crippen molar-refractivity contribution in [3.8, 4) is 0 Å². The number of hydrogen-bond donors (Lipinski definition) is 2. The Labute approximate surface area is 109 Å². The summed E-state index contributed by atoms with van der Waals surface area (Å²) in [5.41, 5.74) is 0. The molecule has 1 rings (SSSR count). The molecule has 18 heavy (non-hydrogen) atoms. The Morgan fingerprint density at radius 1 is 1.44 bits per heavy atom. The van der Waals surface area contributed by atoms with Crippen LogP contribution in [0, 0.1) is 0 Å². The van der Waals surface area contributed by atoms with Crippen LogP contribution >= 0.6 is 0 Å². The number of carbonyl (C=O) groups excluding carboxylic acids is 1. The predicted molar refractivity (Wildman–Crippen MR) is 71.2 cm³/mol. The van der Waals surface area contributed by atoms with Crippen molar-refractivity contribution in [2.24, 2.45) is 0 Å². The first-order chi connectivity index (χ1) is 8.43. The molecule has 0 bridgehead atoms. The van der Waals surface area contributed by atoms with E-state index in [0.29, 0.717) is 13.0 Å². The maximum Gasteiger partial charge on any atom is 0.234 e. The van der Waals surface area contributed by atoms with Crippen molar-refractivity contribution < 1.29 is 13.2 Å². The average Bonchev–Trinajstić information content (AvgIpc) is 2.58. The predicted octanol–water partition coefficient (Wildman–Crippen LogP) is -1.17. The number of amides is 1. The lowest BCUT2D eigenvalue weighted by molar-refractivity contribution is -0.122. The minimum atomic E-state index is -2.92. The van der Waals surface area contributed by atoms with Crippen molar-refractivity contribution in [1.29, 1.82) is 0 Å². The normalized spacial score (nSPS) is 22.3. The van der Waals surface area contributed by atoms with Crippen LogP contribution in [0.2, 0.25) is 0 Å². The largest absolute Gasteiger partial charge is 0.351 e. The molecule has 1 atom stereocenters. The number of rotatable bonds is 7. The minimum absolute atomic E-state index is 0.0855. The summed E-state index contributed by atoms with van der Waals surface area (Å²) in [6, 6.07) is -0.201. The third-order valence-electron chi connectivity index (χ3n) is 2.98. The van der Waals surface area contributed by atoms with Gasteiger partial charge < -0.3 is 10.6 Å². The summed E-state index contributed by atoms with van der Waals surface area (Å²) >= 11 is 0. The Morgan fingerprint density at radius 2 is 2.17 bits per heavy atom. The van der Waals surface area contributed by atoms with Crippen LogP contribution in [0.5, 0.6) is 0 Å². The maximum atomic E-state index is 11.7. The fourth-order valence-electron chi connectivity index (χ4n) is 2.03. The molecule has 1 aliphatic rings. The van der Waals surface area contributed by atoms with Crippen LogP contribution in [0.1, 0.15) is 12.8 Å². The number of hydrogen-bond acceptors (Lipinski definition) is 5. The lowest BCUT2D eigenvalue weighted by atomic mass is 10.2. The van der Waals surface area contributed by atoms with Crippen LogP contribution in [0.3, 0.4) is 0 Å². The van der Waals surface area contributed by atoms with Gasteiger partial charge in [0.05, 0.1) is 18.1 Å². The molecule has 0 spiro atoms. The second-order valence-corrected chi connectivity index (χ2v) is 7.09. The molecule has 2 N–H and O–H groups in total. The standard InChI is InChI=1S/C11H23N3O3S/c1-12-5-3-6-14(2)8-11(15)13-10-4-7-18(16,17)9-10/h10,12H,3-9H2,1-2H3,(H,13,15). The zero-order valence-corrected chi connectivity index (χ0v) is 11.9. The minimum Gasteiger partial charge on any atom is -0.351 e. The van der Waals surface area contributed by atoms with Crippen molar-refractivity contribution in [2.75, 3.05) is 45.2 Å². The van der Waals surface area contributed by atoms with E-state index < -0.39 is 9.84 Å². The van der Waals surface area contributed by atoms with Gasteiger partial charge in [-0.25, -0.2) is 8.42 Å². The lowest BCUT2D eigenvalue weighted by Gasteiger charge is -2.17. The van der Waals surface area contributed by atoms with Gasteiger partial charge in [0.1, 0.15) is 0 Å². The van der Waals surface area contributed by atoms with Gasteiger partial charge in [0.2, 0.25) is 5.91 Å². The molecule has 1 saturated heterocycles. The highest BCUT2D eigenvalue weighted by atomic mass is 32.2. The van der Waals surface area contributed by atoms with Crippen molar-refractivity contribution in [2.45, 2.75) is 18.9 Å². The van der Waals surface area contributed by atoms with Gasteiger partial charge in [-0.15, -0.1) is 0 Å². The summed E-state index contributed by atoms with van der Waals surface area (Å²) in [6.45, 7) is 2.09. The van der Waals surface area contributed by atoms with E-state index in [1.54, 1.807) is 0 Å². The Morgan fingerprint density at radius 3 is 2.72 bits per heavy atom. The monoisotopic (exact) mass is 277 g/mol. The number of sulfone groups is 1. The zero-order valence-electron chi connectivity index (χ0n) is 11.1. The van der Waals surface area contributed by atoms with Gasteiger partial charge in [-0.1, -0.05) is 0 Å². The van der Waals surface area contributed by atoms with Gasteiger partial charge in [0.15, 0.2) is 9.84 Å². The van der Waals surface area contributed by atoms with E-state index in [-0.39, 0.29) is 23.5 Å². The summed E-state index contributed by atoms with van der Waals surface area (Å²) < 4.78 is 22.5. The summed E-state index contributed by atoms with van der Waals surface area (Å²) in [7, 11) is 0.862. The smallest absolute Gasteiger partial charge is 0.234 e. The van der Waals surface area contributed by atoms with Crippen LogP contribution in [0.25, 0.3) is 0 Å². The fourth-order valence-corrected chi connectivity index (χ4v) is 3.71. The second kappa shape index (κ2) is 7.06. The molecule has 0 radical (unpaired) electrons. The molecule has 0 aromatic rings. The number of carbonyl (C=O) groups is 1. The molecule has 1 heterocycles. The summed E-state index contributed by atoms with van der Waals surface area (Å²) in [4.78, 5) is 13.6. The van der Waals surface area contributed by atoms with Crippen molar-refractivity contribution in [3.05, 3.63) is 0 Å². The van der Waals surface area contributed by atoms with Crippen molar-refractivity contribution in [3.63, 3.8) is 0 Å². The van der Waals surface area contributed by atoms with Gasteiger partial charge in [0, 0.05) is 6.04 Å². The molecular formula is C11H23N3O3S. The zero-order chi connectivity index (χ0) is 13.6. The van der Waals surface area contributed by atoms with E-state index in [0.717, 1.165) is 19.5 Å². The maximum absolute atomic E-state index is 11.7. The fraction of sp³-hybridized carbons (Fsp3) is 0.909. The van der Waals surface area contributed by atoms with Gasteiger partial charge in [-0.3, -0.25) is 9.69 Å². The topological polar surface area (TPSA) is 78.5 Å². The Balaban J connectivity index is 2.21. The molecule has 1 fully saturated rings. The third kappa shape index (κ3) is 5.79. The average molecular weight is 277 g/mol. The van der Waals surface area contributed by atoms with Gasteiger partial charge in [-0.2, -0.15) is 0 Å². The van der Waals surface area contributed by atoms with Gasteiger partial charge in [-0.05, 0) is 40.0 Å². The number of nitrogens with zero attached hydrogens (tertiary/aromatic N) is 1. The molecule has 106 valence electrons. The molecule has 1 unspecified atom stereocenters. The van der Waals surface area contributed by atoms with Crippen LogP contribution in [-0.4, -0.2) is 70.5 Å². The van der Waals surface area contributed by atoms with Crippen LogP contribution in [-0.2, 0) is 14.6 Å². The Hall–Kier alpha value is -0.660. The SMILES string of the molecule is CNCCCN(C)CC(=O)NC1CCS(=O)(=O)C1. The Kier molecular flexibility index (Phi) is 6.04. The van der Waals surface area contributed by atoms with E-state index in [9.17, 15) is 13.2 Å². The lowest BCUT2D eigenvalue weighted by Crippen LogP contribution is -2.42. The highest BCUT2D eigenvalue weighted by molar-refractivity contribution is 7.91. The van der Waals surface area contributed by atoms with E-state index in [1.165, 1.54) is 0 Å². The summed E-state index contributed by atoms with van der Waals surface area (Å²) in [6.07, 6.45) is 1.52. The Bertz CT molecular complexity index is 370. The van der Waals surface area contributed by atoms with Crippen LogP contribution in [0.4, 0.5) is 0 Å². The van der Waals surface area contributed by atoms with E-state index in [4.69, 9.17) is 0 Å². The molecule has 0 aliphatic carbocycles. The quantitative estimate of drug-likeness (QED) is 0.573. The first kappa shape index (κ1) is 15.4. The van der Waals surface area contributed by atoms with Crippen LogP contribution < -0.4 is 10.6 Å². The van der Waals surface area contributed by atoms with Crippen LogP contribution in [0.15, 0.2) is 0 Å². The van der Waals surface area contributed by atoms with Gasteiger partial charge >= 0.3 is 0 Å². The highest BCUT2D eigenvalue weighted by Gasteiger charge is 2.28. The molecule has 7 heteroatoms. The molecular weight excluding hydrogens is 254 g/mol. The highest BCUT2D eigenvalue weighted by Crippen LogP contribution is 2.10. The summed E-state index contributed by atoms with van der Waals surface area (Å²) in [5, 5.41) is 5.83. The molecule has 0 aromatic heterocycles. The number of likely N-dealkylation sites (N-methyl/N-ethyl adjacent to an activating group) is 1. The van der Waals surface area contributed by atoms with E-state index in [1.807, 2.05) is 19.0 Å². The summed E-state index contributed by atoms with van der Waals surface area (Å²) in [5.74, 6) is 0.182. The molecule has 6 nitrogen and oxygen atoms in total. The van der Waals surface area contributed by atoms with Crippen molar-refractivity contribution >= 4 is 15.7 Å². The second-order valence-electron chi connectivity index (χ2n) is 4.86. The molecule has 1 aliphatic heterocycles. The molecule has 0 aromatic carbocycles. The molecule has 0 saturated carbocycles. The first-order valence-corrected chi connectivity index (χ1v) is 8.08. The van der Waals surface area contributed by atoms with E-state index >= 15 is 0 Å². The van der Waals surface area contributed by atoms with E-state index in [2.05, 4.69) is 10.6 Å². The first-order valence-electron chi connectivity index (χ1n) is 6.26. The number of nitrogens with one attached hydrogen (secondary N) is 2.